The second-order valence-electron chi connectivity index (χ2n) is 20.0. The van der Waals surface area contributed by atoms with Gasteiger partial charge in [0.15, 0.2) is 0 Å². The van der Waals surface area contributed by atoms with Gasteiger partial charge >= 0.3 is 0 Å². The molecule has 2 aliphatic carbocycles. The molecule has 3 heteroatoms. The summed E-state index contributed by atoms with van der Waals surface area (Å²) in [7, 11) is 0. The molecule has 1 unspecified atom stereocenters. The predicted molar refractivity (Wildman–Crippen MR) is 309 cm³/mol. The average Bonchev–Trinajstić information content (AvgIpc) is 4.31. The fourth-order valence-corrected chi connectivity index (χ4v) is 13.2. The largest absolute Gasteiger partial charge is 0.310 e. The second-order valence-corrected chi connectivity index (χ2v) is 20.0. The summed E-state index contributed by atoms with van der Waals surface area (Å²) in [4.78, 5) is 2.51. The van der Waals surface area contributed by atoms with Gasteiger partial charge in [-0.25, -0.2) is 0 Å². The molecule has 1 spiro atoms. The third-order valence-electron chi connectivity index (χ3n) is 16.3. The van der Waals surface area contributed by atoms with Crippen LogP contribution in [0.1, 0.15) is 22.3 Å². The maximum Gasteiger partial charge on any atom is 0.0726 e. The van der Waals surface area contributed by atoms with Crippen molar-refractivity contribution < 1.29 is 0 Å². The summed E-state index contributed by atoms with van der Waals surface area (Å²) < 4.78 is 4.89. The van der Waals surface area contributed by atoms with Crippen LogP contribution >= 0.6 is 0 Å². The van der Waals surface area contributed by atoms with Crippen molar-refractivity contribution in [1.29, 1.82) is 0 Å². The number of nitrogens with zero attached hydrogens (tertiary/aromatic N) is 3. The molecular formula is C71H45N3. The maximum absolute atomic E-state index is 2.52. The van der Waals surface area contributed by atoms with Crippen molar-refractivity contribution in [2.75, 3.05) is 4.90 Å². The third-order valence-corrected chi connectivity index (χ3v) is 16.3. The van der Waals surface area contributed by atoms with Gasteiger partial charge in [0.2, 0.25) is 0 Å². The van der Waals surface area contributed by atoms with E-state index in [-0.39, 0.29) is 0 Å². The highest BCUT2D eigenvalue weighted by atomic mass is 15.1. The number of aromatic nitrogens is 2. The number of para-hydroxylation sites is 3. The molecule has 0 amide bonds. The smallest absolute Gasteiger partial charge is 0.0726 e. The fourth-order valence-electron chi connectivity index (χ4n) is 13.2. The van der Waals surface area contributed by atoms with Gasteiger partial charge in [-0.05, 0) is 145 Å². The van der Waals surface area contributed by atoms with E-state index in [0.717, 1.165) is 39.5 Å². The molecule has 2 aliphatic rings. The van der Waals surface area contributed by atoms with Crippen LogP contribution in [0.15, 0.2) is 273 Å². The van der Waals surface area contributed by atoms with Crippen LogP contribution in [0.25, 0.3) is 99.1 Å². The van der Waals surface area contributed by atoms with E-state index in [1.54, 1.807) is 0 Å². The lowest BCUT2D eigenvalue weighted by Crippen LogP contribution is -2.26. The molecular weight excluding hydrogens is 895 g/mol. The molecule has 12 aromatic carbocycles. The van der Waals surface area contributed by atoms with E-state index in [9.17, 15) is 0 Å². The first-order valence-corrected chi connectivity index (χ1v) is 25.7. The van der Waals surface area contributed by atoms with Crippen LogP contribution in [0.2, 0.25) is 0 Å². The van der Waals surface area contributed by atoms with Gasteiger partial charge < -0.3 is 14.0 Å². The Balaban J connectivity index is 0.985. The molecule has 0 N–H and O–H groups in total. The minimum atomic E-state index is -0.555. The molecule has 0 fully saturated rings. The van der Waals surface area contributed by atoms with Crippen molar-refractivity contribution in [3.8, 4) is 44.8 Å². The standard InChI is InChI=1S/C71H45N3/c1-3-17-46(18-4-1)49-32-37-57-55-23-9-13-27-63(55)71(65(57)42-49)64-28-14-10-24-56(64)58-38-34-52(43-66(58)71)72(53-35-39-61-59-25-11-15-29-67(59)73(69(61)44-53)50-21-5-2-6-22-50)54-36-40-62-60-26-12-16-30-68(60)74(70(62)45-54)51-33-31-47-19-7-8-20-48(47)41-51/h1-45H. The van der Waals surface area contributed by atoms with Crippen molar-refractivity contribution in [3.63, 3.8) is 0 Å². The highest BCUT2D eigenvalue weighted by Gasteiger charge is 2.52. The van der Waals surface area contributed by atoms with Crippen LogP contribution in [0.3, 0.4) is 0 Å². The van der Waals surface area contributed by atoms with Gasteiger partial charge in [0.25, 0.3) is 0 Å². The molecule has 0 bridgehead atoms. The molecule has 2 heterocycles. The predicted octanol–water partition coefficient (Wildman–Crippen LogP) is 18.5. The van der Waals surface area contributed by atoms with Crippen LogP contribution in [0, 0.1) is 0 Å². The minimum absolute atomic E-state index is 0.555. The Morgan fingerprint density at radius 1 is 0.257 bits per heavy atom. The minimum Gasteiger partial charge on any atom is -0.310 e. The first-order valence-electron chi connectivity index (χ1n) is 25.7. The van der Waals surface area contributed by atoms with E-state index < -0.39 is 5.41 Å². The zero-order valence-electron chi connectivity index (χ0n) is 40.3. The van der Waals surface area contributed by atoms with Crippen LogP contribution in [-0.4, -0.2) is 9.13 Å². The molecule has 3 nitrogen and oxygen atoms in total. The summed E-state index contributed by atoms with van der Waals surface area (Å²) in [6.07, 6.45) is 0. The maximum atomic E-state index is 2.52. The zero-order valence-corrected chi connectivity index (χ0v) is 40.3. The molecule has 344 valence electrons. The Kier molecular flexibility index (Phi) is 8.66. The first-order chi connectivity index (χ1) is 36.7. The summed E-state index contributed by atoms with van der Waals surface area (Å²) in [6.45, 7) is 0. The van der Waals surface area contributed by atoms with E-state index in [4.69, 9.17) is 0 Å². The van der Waals surface area contributed by atoms with E-state index >= 15 is 0 Å². The molecule has 0 saturated heterocycles. The van der Waals surface area contributed by atoms with Crippen molar-refractivity contribution >= 4 is 71.4 Å². The Hall–Kier alpha value is -9.70. The molecule has 1 atom stereocenters. The van der Waals surface area contributed by atoms with Crippen molar-refractivity contribution in [2.45, 2.75) is 5.41 Å². The Labute approximate surface area is 428 Å². The molecule has 74 heavy (non-hydrogen) atoms. The molecule has 2 aromatic heterocycles. The van der Waals surface area contributed by atoms with Crippen LogP contribution < -0.4 is 4.90 Å². The van der Waals surface area contributed by atoms with Gasteiger partial charge in [-0.3, -0.25) is 0 Å². The second kappa shape index (κ2) is 15.6. The topological polar surface area (TPSA) is 13.1 Å². The SMILES string of the molecule is c1ccc(-c2ccc3c(c2)C2(c4ccccc4-3)c3ccccc3-c3ccc(N(c4ccc5c6ccccc6n(-c6ccccc6)c5c4)c4ccc5c6ccccc6n(-c6ccc7ccccc7c6)c5c4)cc32)cc1. The lowest BCUT2D eigenvalue weighted by molar-refractivity contribution is 0.794. The average molecular weight is 940 g/mol. The summed E-state index contributed by atoms with van der Waals surface area (Å²) in [5.74, 6) is 0. The summed E-state index contributed by atoms with van der Waals surface area (Å²) in [6, 6.07) is 102. The van der Waals surface area contributed by atoms with E-state index in [0.29, 0.717) is 0 Å². The Bertz CT molecular complexity index is 4600. The quantitative estimate of drug-likeness (QED) is 0.162. The highest BCUT2D eigenvalue weighted by Crippen LogP contribution is 2.64. The molecule has 16 rings (SSSR count). The number of benzene rings is 12. The first kappa shape index (κ1) is 41.0. The Morgan fingerprint density at radius 3 is 1.39 bits per heavy atom. The van der Waals surface area contributed by atoms with E-state index in [2.05, 4.69) is 287 Å². The van der Waals surface area contributed by atoms with Gasteiger partial charge in [-0.15, -0.1) is 0 Å². The monoisotopic (exact) mass is 939 g/mol. The third kappa shape index (κ3) is 5.72. The van der Waals surface area contributed by atoms with Crippen molar-refractivity contribution in [1.82, 2.24) is 9.13 Å². The normalized spacial score (nSPS) is 14.3. The summed E-state index contributed by atoms with van der Waals surface area (Å²) >= 11 is 0. The number of hydrogen-bond acceptors (Lipinski definition) is 1. The molecule has 14 aromatic rings. The van der Waals surface area contributed by atoms with E-state index in [1.165, 1.54) is 99.0 Å². The molecule has 0 radical (unpaired) electrons. The molecule has 0 aliphatic heterocycles. The van der Waals surface area contributed by atoms with Crippen LogP contribution in [0.4, 0.5) is 17.1 Å². The molecule has 0 saturated carbocycles. The number of fused-ring (bicyclic) bond motifs is 17. The number of rotatable bonds is 6. The van der Waals surface area contributed by atoms with Gasteiger partial charge in [-0.2, -0.15) is 0 Å². The van der Waals surface area contributed by atoms with Gasteiger partial charge in [0, 0.05) is 50.0 Å². The lowest BCUT2D eigenvalue weighted by atomic mass is 9.70. The van der Waals surface area contributed by atoms with Crippen LogP contribution in [0.5, 0.6) is 0 Å². The fraction of sp³-hybridized carbons (Fsp3) is 0.0141. The zero-order chi connectivity index (χ0) is 48.5. The van der Waals surface area contributed by atoms with Gasteiger partial charge in [0.05, 0.1) is 27.5 Å². The summed E-state index contributed by atoms with van der Waals surface area (Å²) in [5.41, 5.74) is 22.5. The summed E-state index contributed by atoms with van der Waals surface area (Å²) in [5, 5.41) is 7.35. The number of anilines is 3. The van der Waals surface area contributed by atoms with E-state index in [1.807, 2.05) is 0 Å². The highest BCUT2D eigenvalue weighted by molar-refractivity contribution is 6.12. The van der Waals surface area contributed by atoms with Crippen molar-refractivity contribution in [2.24, 2.45) is 0 Å². The number of hydrogen-bond donors (Lipinski definition) is 0. The Morgan fingerprint density at radius 2 is 0.730 bits per heavy atom. The van der Waals surface area contributed by atoms with Gasteiger partial charge in [-0.1, -0.05) is 194 Å². The van der Waals surface area contributed by atoms with Crippen LogP contribution in [-0.2, 0) is 5.41 Å². The van der Waals surface area contributed by atoms with Crippen molar-refractivity contribution in [3.05, 3.63) is 295 Å². The van der Waals surface area contributed by atoms with Gasteiger partial charge in [0.1, 0.15) is 0 Å². The lowest BCUT2D eigenvalue weighted by Gasteiger charge is -2.32.